The van der Waals surface area contributed by atoms with Gasteiger partial charge in [-0.3, -0.25) is 0 Å². The SMILES string of the molecule is [c]1nc2c(cc1N1CCNCC1)CNC2. The maximum absolute atomic E-state index is 4.38. The van der Waals surface area contributed by atoms with E-state index >= 15 is 0 Å². The predicted octanol–water partition coefficient (Wildman–Crippen LogP) is -0.105. The second kappa shape index (κ2) is 3.79. The van der Waals surface area contributed by atoms with Gasteiger partial charge in [-0.15, -0.1) is 0 Å². The highest BCUT2D eigenvalue weighted by atomic mass is 15.2. The molecule has 79 valence electrons. The number of hydrogen-bond donors (Lipinski definition) is 2. The van der Waals surface area contributed by atoms with Crippen LogP contribution in [0.1, 0.15) is 11.3 Å². The van der Waals surface area contributed by atoms with Crippen molar-refractivity contribution in [1.82, 2.24) is 15.6 Å². The van der Waals surface area contributed by atoms with E-state index < -0.39 is 0 Å². The Morgan fingerprint density at radius 2 is 2.07 bits per heavy atom. The van der Waals surface area contributed by atoms with Crippen LogP contribution >= 0.6 is 0 Å². The summed E-state index contributed by atoms with van der Waals surface area (Å²) in [4.78, 5) is 6.73. The monoisotopic (exact) mass is 203 g/mol. The summed E-state index contributed by atoms with van der Waals surface area (Å²) in [5, 5.41) is 6.65. The van der Waals surface area contributed by atoms with Gasteiger partial charge in [-0.25, -0.2) is 4.98 Å². The minimum absolute atomic E-state index is 0.896. The van der Waals surface area contributed by atoms with Gasteiger partial charge in [-0.2, -0.15) is 0 Å². The van der Waals surface area contributed by atoms with Crippen molar-refractivity contribution in [3.8, 4) is 0 Å². The van der Waals surface area contributed by atoms with E-state index in [0.29, 0.717) is 0 Å². The Bertz CT molecular complexity index is 358. The first kappa shape index (κ1) is 9.12. The van der Waals surface area contributed by atoms with Crippen LogP contribution in [0.25, 0.3) is 0 Å². The fraction of sp³-hybridized carbons (Fsp3) is 0.545. The van der Waals surface area contributed by atoms with Crippen LogP contribution < -0.4 is 15.5 Å². The van der Waals surface area contributed by atoms with Crippen molar-refractivity contribution in [2.45, 2.75) is 13.1 Å². The molecule has 0 aromatic carbocycles. The zero-order chi connectivity index (χ0) is 10.1. The molecule has 0 spiro atoms. The minimum atomic E-state index is 0.896. The normalized spacial score (nSPS) is 20.4. The first-order chi connectivity index (χ1) is 7.43. The average molecular weight is 203 g/mol. The molecule has 1 aromatic heterocycles. The van der Waals surface area contributed by atoms with Gasteiger partial charge >= 0.3 is 0 Å². The highest BCUT2D eigenvalue weighted by molar-refractivity contribution is 5.48. The molecule has 1 radical (unpaired) electrons. The third-order valence-corrected chi connectivity index (χ3v) is 3.05. The van der Waals surface area contributed by atoms with Crippen molar-refractivity contribution in [2.24, 2.45) is 0 Å². The molecule has 2 N–H and O–H groups in total. The lowest BCUT2D eigenvalue weighted by molar-refractivity contribution is 0.588. The van der Waals surface area contributed by atoms with Crippen LogP contribution in [-0.4, -0.2) is 31.2 Å². The van der Waals surface area contributed by atoms with E-state index in [9.17, 15) is 0 Å². The average Bonchev–Trinajstić information content (AvgIpc) is 2.77. The molecule has 2 aliphatic rings. The van der Waals surface area contributed by atoms with Gasteiger partial charge in [0, 0.05) is 39.3 Å². The van der Waals surface area contributed by atoms with Crippen LogP contribution in [0.2, 0.25) is 0 Å². The molecule has 3 heterocycles. The highest BCUT2D eigenvalue weighted by Gasteiger charge is 2.16. The number of aromatic nitrogens is 1. The molecule has 1 saturated heterocycles. The molecule has 2 aliphatic heterocycles. The van der Waals surface area contributed by atoms with Crippen LogP contribution in [0.4, 0.5) is 5.69 Å². The van der Waals surface area contributed by atoms with Gasteiger partial charge in [0.15, 0.2) is 0 Å². The summed E-state index contributed by atoms with van der Waals surface area (Å²) in [6.45, 7) is 6.09. The largest absolute Gasteiger partial charge is 0.367 e. The quantitative estimate of drug-likeness (QED) is 0.668. The molecule has 0 saturated carbocycles. The topological polar surface area (TPSA) is 40.2 Å². The van der Waals surface area contributed by atoms with E-state index in [0.717, 1.165) is 50.6 Å². The van der Waals surface area contributed by atoms with Crippen LogP contribution in [0, 0.1) is 6.20 Å². The lowest BCUT2D eigenvalue weighted by Gasteiger charge is -2.29. The smallest absolute Gasteiger partial charge is 0.114 e. The van der Waals surface area contributed by atoms with E-state index in [4.69, 9.17) is 0 Å². The summed E-state index contributed by atoms with van der Waals surface area (Å²) in [6, 6.07) is 2.23. The first-order valence-corrected chi connectivity index (χ1v) is 5.50. The Morgan fingerprint density at radius 1 is 1.20 bits per heavy atom. The molecule has 15 heavy (non-hydrogen) atoms. The van der Waals surface area contributed by atoms with Crippen LogP contribution in [0.15, 0.2) is 6.07 Å². The number of fused-ring (bicyclic) bond motifs is 1. The molecule has 0 aliphatic carbocycles. The van der Waals surface area contributed by atoms with Crippen molar-refractivity contribution >= 4 is 5.69 Å². The molecule has 4 heteroatoms. The van der Waals surface area contributed by atoms with Crippen molar-refractivity contribution < 1.29 is 0 Å². The molecule has 0 amide bonds. The Kier molecular flexibility index (Phi) is 2.31. The summed E-state index contributed by atoms with van der Waals surface area (Å²) < 4.78 is 0. The third kappa shape index (κ3) is 1.70. The van der Waals surface area contributed by atoms with Crippen molar-refractivity contribution in [2.75, 3.05) is 31.1 Å². The zero-order valence-corrected chi connectivity index (χ0v) is 8.71. The predicted molar refractivity (Wildman–Crippen MR) is 58.7 cm³/mol. The van der Waals surface area contributed by atoms with Crippen molar-refractivity contribution in [3.05, 3.63) is 23.5 Å². The maximum Gasteiger partial charge on any atom is 0.114 e. The molecular formula is C11H15N4. The van der Waals surface area contributed by atoms with Crippen molar-refractivity contribution in [1.29, 1.82) is 0 Å². The number of piperazine rings is 1. The second-order valence-corrected chi connectivity index (χ2v) is 4.07. The Labute approximate surface area is 89.7 Å². The molecule has 4 nitrogen and oxygen atoms in total. The van der Waals surface area contributed by atoms with Gasteiger partial charge in [0.2, 0.25) is 0 Å². The fourth-order valence-corrected chi connectivity index (χ4v) is 2.17. The number of pyridine rings is 1. The zero-order valence-electron chi connectivity index (χ0n) is 8.71. The lowest BCUT2D eigenvalue weighted by Crippen LogP contribution is -2.43. The van der Waals surface area contributed by atoms with E-state index in [2.05, 4.69) is 32.8 Å². The number of nitrogens with zero attached hydrogens (tertiary/aromatic N) is 2. The molecule has 1 fully saturated rings. The van der Waals surface area contributed by atoms with Crippen molar-refractivity contribution in [3.63, 3.8) is 0 Å². The van der Waals surface area contributed by atoms with Gasteiger partial charge in [-0.05, 0) is 11.6 Å². The number of rotatable bonds is 1. The number of anilines is 1. The molecule has 3 rings (SSSR count). The molecule has 0 atom stereocenters. The summed E-state index contributed by atoms with van der Waals surface area (Å²) >= 11 is 0. The molecular weight excluding hydrogens is 188 g/mol. The van der Waals surface area contributed by atoms with Gasteiger partial charge in [0.25, 0.3) is 0 Å². The Morgan fingerprint density at radius 3 is 2.93 bits per heavy atom. The van der Waals surface area contributed by atoms with E-state index in [1.807, 2.05) is 0 Å². The fourth-order valence-electron chi connectivity index (χ4n) is 2.17. The second-order valence-electron chi connectivity index (χ2n) is 4.07. The Hall–Kier alpha value is -1.13. The van der Waals surface area contributed by atoms with Gasteiger partial charge < -0.3 is 15.5 Å². The molecule has 0 unspecified atom stereocenters. The van der Waals surface area contributed by atoms with Gasteiger partial charge in [0.05, 0.1) is 11.4 Å². The van der Waals surface area contributed by atoms with E-state index in [-0.39, 0.29) is 0 Å². The molecule has 0 bridgehead atoms. The van der Waals surface area contributed by atoms with Crippen LogP contribution in [-0.2, 0) is 13.1 Å². The summed E-state index contributed by atoms with van der Waals surface area (Å²) in [5.74, 6) is 0. The first-order valence-electron chi connectivity index (χ1n) is 5.50. The van der Waals surface area contributed by atoms with E-state index in [1.165, 1.54) is 5.56 Å². The van der Waals surface area contributed by atoms with Gasteiger partial charge in [0.1, 0.15) is 6.20 Å². The minimum Gasteiger partial charge on any atom is -0.367 e. The van der Waals surface area contributed by atoms with Crippen LogP contribution in [0.5, 0.6) is 0 Å². The number of nitrogens with one attached hydrogen (secondary N) is 2. The Balaban J connectivity index is 1.85. The summed E-state index contributed by atoms with van der Waals surface area (Å²) in [5.41, 5.74) is 3.65. The third-order valence-electron chi connectivity index (χ3n) is 3.05. The highest BCUT2D eigenvalue weighted by Crippen LogP contribution is 2.20. The van der Waals surface area contributed by atoms with Gasteiger partial charge in [-0.1, -0.05) is 0 Å². The van der Waals surface area contributed by atoms with E-state index in [1.54, 1.807) is 0 Å². The number of hydrogen-bond acceptors (Lipinski definition) is 4. The summed E-state index contributed by atoms with van der Waals surface area (Å²) in [7, 11) is 0. The summed E-state index contributed by atoms with van der Waals surface area (Å²) in [6.07, 6.45) is 3.15. The standard InChI is InChI=1S/C11H15N4/c1-3-15(4-2-12-1)10-5-9-6-13-8-11(9)14-7-10/h5,12-13H,1-4,6,8H2. The molecule has 1 aromatic rings. The van der Waals surface area contributed by atoms with Crippen LogP contribution in [0.3, 0.4) is 0 Å². The maximum atomic E-state index is 4.38. The lowest BCUT2D eigenvalue weighted by atomic mass is 10.2.